The number of anilines is 1. The maximum absolute atomic E-state index is 13.4. The average Bonchev–Trinajstić information content (AvgIpc) is 3.62. The van der Waals surface area contributed by atoms with E-state index in [0.29, 0.717) is 29.2 Å². The van der Waals surface area contributed by atoms with Crippen molar-refractivity contribution in [3.63, 3.8) is 0 Å². The molecule has 0 aliphatic carbocycles. The summed E-state index contributed by atoms with van der Waals surface area (Å²) in [5.41, 5.74) is 4.12. The van der Waals surface area contributed by atoms with Crippen molar-refractivity contribution in [3.05, 3.63) is 114 Å². The first kappa shape index (κ1) is 26.9. The van der Waals surface area contributed by atoms with Gasteiger partial charge in [0.25, 0.3) is 5.91 Å². The van der Waals surface area contributed by atoms with Gasteiger partial charge < -0.3 is 24.8 Å². The van der Waals surface area contributed by atoms with E-state index in [2.05, 4.69) is 15.5 Å². The first-order valence-corrected chi connectivity index (χ1v) is 12.3. The van der Waals surface area contributed by atoms with Crippen molar-refractivity contribution in [2.75, 3.05) is 11.9 Å². The molecule has 1 amide bonds. The quantitative estimate of drug-likeness (QED) is 0.187. The number of halogens is 1. The Bertz CT molecular complexity index is 1710. The fourth-order valence-electron chi connectivity index (χ4n) is 4.18. The first-order valence-electron chi connectivity index (χ1n) is 12.3. The molecule has 0 fully saturated rings. The molecule has 206 valence electrons. The molecule has 4 N–H and O–H groups in total. The molecule has 5 aromatic rings. The highest BCUT2D eigenvalue weighted by Gasteiger charge is 2.17. The summed E-state index contributed by atoms with van der Waals surface area (Å²) < 4.78 is 20.9. The van der Waals surface area contributed by atoms with Gasteiger partial charge in [0.1, 0.15) is 17.3 Å². The molecule has 11 heteroatoms. The molecule has 0 aliphatic heterocycles. The summed E-state index contributed by atoms with van der Waals surface area (Å²) in [5.74, 6) is -2.47. The standard InChI is InChI=1S/C30H23FN4O6/c31-21-7-1-18(2-8-21)14-35-15-24(25(16-35)26-13-27(30(39)40)34-33-26)19-5-11-23(12-6-19)41-17-28(36)32-22-9-3-20(4-10-22)29(37)38/h1-13,15-16H,14,17H2,(H,32,36)(H,33,34)(H,37,38)(H,39,40). The molecule has 3 aromatic carbocycles. The molecule has 0 saturated heterocycles. The van der Waals surface area contributed by atoms with E-state index in [1.54, 1.807) is 24.3 Å². The van der Waals surface area contributed by atoms with Crippen LogP contribution in [0.2, 0.25) is 0 Å². The van der Waals surface area contributed by atoms with Gasteiger partial charge in [-0.15, -0.1) is 0 Å². The van der Waals surface area contributed by atoms with Gasteiger partial charge in [-0.05, 0) is 65.7 Å². The summed E-state index contributed by atoms with van der Waals surface area (Å²) in [6.45, 7) is 0.198. The lowest BCUT2D eigenvalue weighted by Crippen LogP contribution is -2.20. The highest BCUT2D eigenvalue weighted by atomic mass is 19.1. The molecule has 2 aromatic heterocycles. The fourth-order valence-corrected chi connectivity index (χ4v) is 4.18. The normalized spacial score (nSPS) is 10.8. The first-order chi connectivity index (χ1) is 19.7. The number of benzene rings is 3. The predicted octanol–water partition coefficient (Wildman–Crippen LogP) is 5.15. The van der Waals surface area contributed by atoms with E-state index >= 15 is 0 Å². The van der Waals surface area contributed by atoms with Gasteiger partial charge in [-0.25, -0.2) is 14.0 Å². The highest BCUT2D eigenvalue weighted by molar-refractivity contribution is 5.93. The van der Waals surface area contributed by atoms with E-state index in [4.69, 9.17) is 9.84 Å². The number of carbonyl (C=O) groups excluding carboxylic acids is 1. The third-order valence-electron chi connectivity index (χ3n) is 6.19. The summed E-state index contributed by atoms with van der Waals surface area (Å²) >= 11 is 0. The molecule has 5 rings (SSSR count). The molecule has 0 atom stereocenters. The number of carboxylic acid groups (broad SMARTS) is 2. The number of nitrogens with one attached hydrogen (secondary N) is 2. The molecule has 10 nitrogen and oxygen atoms in total. The van der Waals surface area contributed by atoms with Crippen LogP contribution >= 0.6 is 0 Å². The predicted molar refractivity (Wildman–Crippen MR) is 147 cm³/mol. The van der Waals surface area contributed by atoms with Crippen LogP contribution in [0.1, 0.15) is 26.4 Å². The number of aromatic nitrogens is 3. The molecular weight excluding hydrogens is 531 g/mol. The zero-order valence-corrected chi connectivity index (χ0v) is 21.4. The van der Waals surface area contributed by atoms with Crippen LogP contribution in [0, 0.1) is 5.82 Å². The van der Waals surface area contributed by atoms with Crippen LogP contribution in [-0.2, 0) is 11.3 Å². The van der Waals surface area contributed by atoms with Crippen LogP contribution in [0.5, 0.6) is 5.75 Å². The zero-order valence-electron chi connectivity index (χ0n) is 21.4. The molecule has 0 saturated carbocycles. The van der Waals surface area contributed by atoms with E-state index in [9.17, 15) is 23.9 Å². The number of aromatic carboxylic acids is 2. The Balaban J connectivity index is 1.31. The lowest BCUT2D eigenvalue weighted by molar-refractivity contribution is -0.118. The van der Waals surface area contributed by atoms with E-state index in [-0.39, 0.29) is 23.7 Å². The fraction of sp³-hybridized carbons (Fsp3) is 0.0667. The highest BCUT2D eigenvalue weighted by Crippen LogP contribution is 2.34. The van der Waals surface area contributed by atoms with Crippen molar-refractivity contribution < 1.29 is 33.7 Å². The van der Waals surface area contributed by atoms with Crippen LogP contribution < -0.4 is 10.1 Å². The molecule has 0 radical (unpaired) electrons. The van der Waals surface area contributed by atoms with Gasteiger partial charge in [0, 0.05) is 35.8 Å². The number of rotatable bonds is 10. The maximum atomic E-state index is 13.4. The van der Waals surface area contributed by atoms with Gasteiger partial charge in [0.05, 0.1) is 11.3 Å². The second-order valence-electron chi connectivity index (χ2n) is 9.10. The van der Waals surface area contributed by atoms with Gasteiger partial charge in [0.2, 0.25) is 0 Å². The van der Waals surface area contributed by atoms with Crippen LogP contribution in [0.3, 0.4) is 0 Å². The summed E-state index contributed by atoms with van der Waals surface area (Å²) in [6.07, 6.45) is 3.74. The topological polar surface area (TPSA) is 147 Å². The smallest absolute Gasteiger partial charge is 0.353 e. The van der Waals surface area contributed by atoms with Crippen molar-refractivity contribution in [2.24, 2.45) is 0 Å². The number of aromatic amines is 1. The number of hydrogen-bond acceptors (Lipinski definition) is 5. The number of hydrogen-bond donors (Lipinski definition) is 4. The average molecular weight is 555 g/mol. The summed E-state index contributed by atoms with van der Waals surface area (Å²) in [7, 11) is 0. The Morgan fingerprint density at radius 1 is 0.878 bits per heavy atom. The molecule has 0 unspecified atom stereocenters. The van der Waals surface area contributed by atoms with Crippen molar-refractivity contribution in [1.82, 2.24) is 14.8 Å². The largest absolute Gasteiger partial charge is 0.484 e. The minimum atomic E-state index is -1.13. The molecular formula is C30H23FN4O6. The Kier molecular flexibility index (Phi) is 7.59. The van der Waals surface area contributed by atoms with Crippen LogP contribution in [-0.4, -0.2) is 49.4 Å². The maximum Gasteiger partial charge on any atom is 0.353 e. The van der Waals surface area contributed by atoms with Crippen LogP contribution in [0.15, 0.2) is 91.3 Å². The number of ether oxygens (including phenoxy) is 1. The molecule has 0 aliphatic rings. The number of H-pyrrole nitrogens is 1. The van der Waals surface area contributed by atoms with Gasteiger partial charge >= 0.3 is 11.9 Å². The lowest BCUT2D eigenvalue weighted by atomic mass is 10.0. The van der Waals surface area contributed by atoms with Crippen molar-refractivity contribution in [1.29, 1.82) is 0 Å². The lowest BCUT2D eigenvalue weighted by Gasteiger charge is -2.09. The number of carboxylic acids is 2. The Morgan fingerprint density at radius 2 is 1.56 bits per heavy atom. The van der Waals surface area contributed by atoms with Gasteiger partial charge in [-0.3, -0.25) is 9.89 Å². The van der Waals surface area contributed by atoms with E-state index in [0.717, 1.165) is 16.7 Å². The third-order valence-corrected chi connectivity index (χ3v) is 6.19. The number of amides is 1. The number of carbonyl (C=O) groups is 3. The van der Waals surface area contributed by atoms with Gasteiger partial charge in [-0.1, -0.05) is 24.3 Å². The minimum absolute atomic E-state index is 0.0444. The molecule has 2 heterocycles. The van der Waals surface area contributed by atoms with E-state index in [1.165, 1.54) is 42.5 Å². The second-order valence-corrected chi connectivity index (χ2v) is 9.10. The van der Waals surface area contributed by atoms with Crippen LogP contribution in [0.4, 0.5) is 10.1 Å². The summed E-state index contributed by atoms with van der Waals surface area (Å²) in [4.78, 5) is 34.6. The van der Waals surface area contributed by atoms with Gasteiger partial charge in [-0.2, -0.15) is 5.10 Å². The Hall–Kier alpha value is -5.71. The Labute approximate surface area is 232 Å². The van der Waals surface area contributed by atoms with E-state index in [1.807, 2.05) is 29.1 Å². The Morgan fingerprint density at radius 3 is 2.20 bits per heavy atom. The van der Waals surface area contributed by atoms with Crippen molar-refractivity contribution in [3.8, 4) is 28.1 Å². The third kappa shape index (κ3) is 6.48. The van der Waals surface area contributed by atoms with Crippen LogP contribution in [0.25, 0.3) is 22.4 Å². The molecule has 0 spiro atoms. The van der Waals surface area contributed by atoms with Crippen molar-refractivity contribution >= 4 is 23.5 Å². The summed E-state index contributed by atoms with van der Waals surface area (Å²) in [5, 5.41) is 27.6. The SMILES string of the molecule is O=C(COc1ccc(-c2cn(Cc3ccc(F)cc3)cc2-c2cc(C(=O)O)[nH]n2)cc1)Nc1ccc(C(=O)O)cc1. The van der Waals surface area contributed by atoms with Gasteiger partial charge in [0.15, 0.2) is 6.61 Å². The van der Waals surface area contributed by atoms with Crippen molar-refractivity contribution in [2.45, 2.75) is 6.54 Å². The molecule has 0 bridgehead atoms. The zero-order chi connectivity index (χ0) is 28.9. The second kappa shape index (κ2) is 11.6. The minimum Gasteiger partial charge on any atom is -0.484 e. The van der Waals surface area contributed by atoms with E-state index < -0.39 is 17.8 Å². The number of nitrogens with zero attached hydrogens (tertiary/aromatic N) is 2. The summed E-state index contributed by atoms with van der Waals surface area (Å²) in [6, 6.07) is 20.4. The molecule has 41 heavy (non-hydrogen) atoms. The monoisotopic (exact) mass is 554 g/mol.